The predicted octanol–water partition coefficient (Wildman–Crippen LogP) is 4.02. The Hall–Kier alpha value is -1.59. The molecule has 0 saturated heterocycles. The summed E-state index contributed by atoms with van der Waals surface area (Å²) in [6.45, 7) is 6.63. The van der Waals surface area contributed by atoms with Crippen molar-refractivity contribution in [3.05, 3.63) is 29.0 Å². The second kappa shape index (κ2) is 6.45. The van der Waals surface area contributed by atoms with Crippen LogP contribution in [0.1, 0.15) is 39.4 Å². The molecule has 0 amide bonds. The van der Waals surface area contributed by atoms with Crippen LogP contribution in [0.2, 0.25) is 5.02 Å². The molecule has 21 heavy (non-hydrogen) atoms. The molecular formula is C15H20ClN3O2. The third kappa shape index (κ3) is 3.04. The summed E-state index contributed by atoms with van der Waals surface area (Å²) in [5.41, 5.74) is 6.49. The molecule has 0 bridgehead atoms. The number of aromatic nitrogens is 2. The monoisotopic (exact) mass is 309 g/mol. The molecule has 0 unspecified atom stereocenters. The van der Waals surface area contributed by atoms with Crippen molar-refractivity contribution in [2.75, 3.05) is 12.3 Å². The standard InChI is InChI=1S/C15H20ClN3O2/c1-4-15(5-2,20-6-3)14-18-13(21-19-14)11-9-10(17)7-8-12(11)16/h7-9H,4-6,17H2,1-3H3. The Kier molecular flexibility index (Phi) is 4.85. The van der Waals surface area contributed by atoms with Gasteiger partial charge in [0.1, 0.15) is 5.60 Å². The molecule has 6 heteroatoms. The van der Waals surface area contributed by atoms with Crippen molar-refractivity contribution >= 4 is 17.3 Å². The second-order valence-corrected chi connectivity index (χ2v) is 5.20. The SMILES string of the molecule is CCOC(CC)(CC)c1noc(-c2cc(N)ccc2Cl)n1. The molecule has 0 radical (unpaired) electrons. The molecule has 5 nitrogen and oxygen atoms in total. The van der Waals surface area contributed by atoms with Crippen molar-refractivity contribution < 1.29 is 9.26 Å². The topological polar surface area (TPSA) is 74.2 Å². The molecule has 1 aromatic heterocycles. The number of nitrogens with zero attached hydrogens (tertiary/aromatic N) is 2. The lowest BCUT2D eigenvalue weighted by Crippen LogP contribution is -2.29. The molecule has 0 spiro atoms. The number of anilines is 1. The zero-order valence-corrected chi connectivity index (χ0v) is 13.3. The summed E-state index contributed by atoms with van der Waals surface area (Å²) in [7, 11) is 0. The Balaban J connectivity index is 2.43. The van der Waals surface area contributed by atoms with E-state index in [1.54, 1.807) is 18.2 Å². The fourth-order valence-electron chi connectivity index (χ4n) is 2.34. The summed E-state index contributed by atoms with van der Waals surface area (Å²) >= 11 is 6.17. The molecule has 2 rings (SSSR count). The Morgan fingerprint density at radius 1 is 1.29 bits per heavy atom. The van der Waals surface area contributed by atoms with Crippen molar-refractivity contribution in [3.63, 3.8) is 0 Å². The van der Waals surface area contributed by atoms with E-state index in [-0.39, 0.29) is 0 Å². The van der Waals surface area contributed by atoms with Gasteiger partial charge >= 0.3 is 0 Å². The minimum absolute atomic E-state index is 0.355. The van der Waals surface area contributed by atoms with Crippen molar-refractivity contribution in [1.29, 1.82) is 0 Å². The van der Waals surface area contributed by atoms with E-state index in [1.807, 2.05) is 20.8 Å². The highest BCUT2D eigenvalue weighted by atomic mass is 35.5. The van der Waals surface area contributed by atoms with Gasteiger partial charge in [0.25, 0.3) is 5.89 Å². The molecule has 0 atom stereocenters. The van der Waals surface area contributed by atoms with Gasteiger partial charge in [-0.2, -0.15) is 4.98 Å². The molecule has 0 fully saturated rings. The molecule has 0 saturated carbocycles. The van der Waals surface area contributed by atoms with Crippen molar-refractivity contribution in [2.24, 2.45) is 0 Å². The van der Waals surface area contributed by atoms with E-state index in [0.29, 0.717) is 34.6 Å². The van der Waals surface area contributed by atoms with Gasteiger partial charge in [0.05, 0.1) is 10.6 Å². The number of hydrogen-bond acceptors (Lipinski definition) is 5. The summed E-state index contributed by atoms with van der Waals surface area (Å²) in [4.78, 5) is 4.47. The maximum absolute atomic E-state index is 6.17. The fourth-order valence-corrected chi connectivity index (χ4v) is 2.53. The number of ether oxygens (including phenoxy) is 1. The molecule has 2 aromatic rings. The smallest absolute Gasteiger partial charge is 0.259 e. The van der Waals surface area contributed by atoms with Crippen LogP contribution >= 0.6 is 11.6 Å². The molecule has 1 heterocycles. The fraction of sp³-hybridized carbons (Fsp3) is 0.467. The molecule has 0 aliphatic rings. The van der Waals surface area contributed by atoms with Gasteiger partial charge in [0, 0.05) is 12.3 Å². The van der Waals surface area contributed by atoms with Gasteiger partial charge in [-0.05, 0) is 38.0 Å². The lowest BCUT2D eigenvalue weighted by atomic mass is 9.96. The maximum atomic E-state index is 6.17. The van der Waals surface area contributed by atoms with Crippen LogP contribution in [0, 0.1) is 0 Å². The molecule has 0 aliphatic carbocycles. The average molecular weight is 310 g/mol. The maximum Gasteiger partial charge on any atom is 0.259 e. The van der Waals surface area contributed by atoms with Crippen LogP contribution in [-0.4, -0.2) is 16.7 Å². The average Bonchev–Trinajstić information content (AvgIpc) is 2.97. The van der Waals surface area contributed by atoms with Crippen LogP contribution in [0.3, 0.4) is 0 Å². The van der Waals surface area contributed by atoms with Crippen molar-refractivity contribution in [3.8, 4) is 11.5 Å². The normalized spacial score (nSPS) is 11.8. The van der Waals surface area contributed by atoms with Crippen LogP contribution in [0.25, 0.3) is 11.5 Å². The first kappa shape index (κ1) is 15.8. The minimum Gasteiger partial charge on any atom is -0.399 e. The van der Waals surface area contributed by atoms with Crippen molar-refractivity contribution in [1.82, 2.24) is 10.1 Å². The Morgan fingerprint density at radius 3 is 2.62 bits per heavy atom. The zero-order valence-electron chi connectivity index (χ0n) is 12.5. The highest BCUT2D eigenvalue weighted by Crippen LogP contribution is 2.34. The van der Waals surface area contributed by atoms with Crippen LogP contribution in [0.15, 0.2) is 22.7 Å². The van der Waals surface area contributed by atoms with Gasteiger partial charge < -0.3 is 15.0 Å². The highest BCUT2D eigenvalue weighted by Gasteiger charge is 2.34. The summed E-state index contributed by atoms with van der Waals surface area (Å²) in [6, 6.07) is 5.16. The first-order valence-corrected chi connectivity index (χ1v) is 7.47. The Morgan fingerprint density at radius 2 is 2.00 bits per heavy atom. The van der Waals surface area contributed by atoms with Crippen LogP contribution < -0.4 is 5.73 Å². The lowest BCUT2D eigenvalue weighted by Gasteiger charge is -2.27. The van der Waals surface area contributed by atoms with Gasteiger partial charge in [-0.15, -0.1) is 0 Å². The number of nitrogen functional groups attached to an aromatic ring is 1. The zero-order chi connectivity index (χ0) is 15.5. The predicted molar refractivity (Wildman–Crippen MR) is 83.0 cm³/mol. The largest absolute Gasteiger partial charge is 0.399 e. The molecule has 1 aromatic carbocycles. The first-order chi connectivity index (χ1) is 10.1. The van der Waals surface area contributed by atoms with Crippen LogP contribution in [0.4, 0.5) is 5.69 Å². The number of hydrogen-bond donors (Lipinski definition) is 1. The Bertz CT molecular complexity index is 609. The molecule has 0 aliphatic heterocycles. The quantitative estimate of drug-likeness (QED) is 0.816. The third-order valence-electron chi connectivity index (χ3n) is 3.62. The van der Waals surface area contributed by atoms with Gasteiger partial charge in [0.2, 0.25) is 5.82 Å². The van der Waals surface area contributed by atoms with Gasteiger partial charge in [-0.1, -0.05) is 30.6 Å². The number of rotatable bonds is 6. The summed E-state index contributed by atoms with van der Waals surface area (Å²) in [6.07, 6.45) is 1.53. The van der Waals surface area contributed by atoms with Gasteiger partial charge in [-0.3, -0.25) is 0 Å². The highest BCUT2D eigenvalue weighted by molar-refractivity contribution is 6.33. The molecule has 2 N–H and O–H groups in total. The summed E-state index contributed by atoms with van der Waals surface area (Å²) in [5, 5.41) is 4.61. The molecular weight excluding hydrogens is 290 g/mol. The lowest BCUT2D eigenvalue weighted by molar-refractivity contribution is -0.0583. The number of benzene rings is 1. The van der Waals surface area contributed by atoms with Crippen molar-refractivity contribution in [2.45, 2.75) is 39.2 Å². The summed E-state index contributed by atoms with van der Waals surface area (Å²) in [5.74, 6) is 0.899. The third-order valence-corrected chi connectivity index (χ3v) is 3.95. The van der Waals surface area contributed by atoms with E-state index in [2.05, 4.69) is 10.1 Å². The minimum atomic E-state index is -0.525. The van der Waals surface area contributed by atoms with E-state index >= 15 is 0 Å². The Labute approximate surface area is 129 Å². The van der Waals surface area contributed by atoms with E-state index < -0.39 is 5.60 Å². The second-order valence-electron chi connectivity index (χ2n) is 4.80. The molecule has 114 valence electrons. The van der Waals surface area contributed by atoms with E-state index in [9.17, 15) is 0 Å². The van der Waals surface area contributed by atoms with Gasteiger partial charge in [-0.25, -0.2) is 0 Å². The summed E-state index contributed by atoms with van der Waals surface area (Å²) < 4.78 is 11.2. The van der Waals surface area contributed by atoms with E-state index in [4.69, 9.17) is 26.6 Å². The first-order valence-electron chi connectivity index (χ1n) is 7.09. The number of nitrogens with two attached hydrogens (primary N) is 1. The van der Waals surface area contributed by atoms with E-state index in [1.165, 1.54) is 0 Å². The van der Waals surface area contributed by atoms with Crippen LogP contribution in [0.5, 0.6) is 0 Å². The number of halogens is 1. The van der Waals surface area contributed by atoms with Gasteiger partial charge in [0.15, 0.2) is 0 Å². The van der Waals surface area contributed by atoms with Crippen LogP contribution in [-0.2, 0) is 10.3 Å². The van der Waals surface area contributed by atoms with E-state index in [0.717, 1.165) is 12.8 Å².